The quantitative estimate of drug-likeness (QED) is 0.866. The summed E-state index contributed by atoms with van der Waals surface area (Å²) in [6.07, 6.45) is 6.45. The fourth-order valence-electron chi connectivity index (χ4n) is 2.58. The molecule has 4 nitrogen and oxygen atoms in total. The molecule has 102 valence electrons. The third-order valence-electron chi connectivity index (χ3n) is 3.68. The molecule has 1 aromatic heterocycles. The van der Waals surface area contributed by atoms with Crippen molar-refractivity contribution in [1.82, 2.24) is 14.9 Å². The average Bonchev–Trinajstić information content (AvgIpc) is 2.76. The van der Waals surface area contributed by atoms with E-state index in [0.29, 0.717) is 0 Å². The second-order valence-corrected chi connectivity index (χ2v) is 5.82. The topological polar surface area (TPSA) is 33.1 Å². The Kier molecular flexibility index (Phi) is 4.64. The van der Waals surface area contributed by atoms with E-state index in [9.17, 15) is 0 Å². The zero-order valence-corrected chi connectivity index (χ0v) is 11.9. The van der Waals surface area contributed by atoms with Gasteiger partial charge in [-0.25, -0.2) is 4.98 Å². The van der Waals surface area contributed by atoms with Crippen molar-refractivity contribution in [2.45, 2.75) is 26.7 Å². The van der Waals surface area contributed by atoms with Gasteiger partial charge in [0.15, 0.2) is 0 Å². The SMILES string of the molecule is CC(C)CNCC1CCN(c2nccn2C)CC1. The van der Waals surface area contributed by atoms with E-state index in [-0.39, 0.29) is 0 Å². The van der Waals surface area contributed by atoms with Gasteiger partial charge in [0.2, 0.25) is 5.95 Å². The smallest absolute Gasteiger partial charge is 0.205 e. The molecule has 0 aromatic carbocycles. The van der Waals surface area contributed by atoms with Gasteiger partial charge in [-0.1, -0.05) is 13.8 Å². The van der Waals surface area contributed by atoms with Crippen LogP contribution in [0.25, 0.3) is 0 Å². The first-order chi connectivity index (χ1) is 8.66. The lowest BCUT2D eigenvalue weighted by Gasteiger charge is -2.32. The van der Waals surface area contributed by atoms with Gasteiger partial charge in [0.05, 0.1) is 0 Å². The van der Waals surface area contributed by atoms with Crippen molar-refractivity contribution in [1.29, 1.82) is 0 Å². The number of nitrogens with zero attached hydrogens (tertiary/aromatic N) is 3. The molecule has 1 N–H and O–H groups in total. The van der Waals surface area contributed by atoms with Crippen LogP contribution < -0.4 is 10.2 Å². The van der Waals surface area contributed by atoms with Crippen LogP contribution in [-0.2, 0) is 7.05 Å². The number of piperidine rings is 1. The Hall–Kier alpha value is -1.03. The van der Waals surface area contributed by atoms with Gasteiger partial charge in [-0.15, -0.1) is 0 Å². The van der Waals surface area contributed by atoms with Crippen molar-refractivity contribution in [2.75, 3.05) is 31.1 Å². The fraction of sp³-hybridized carbons (Fsp3) is 0.786. The Balaban J connectivity index is 1.73. The maximum Gasteiger partial charge on any atom is 0.205 e. The largest absolute Gasteiger partial charge is 0.342 e. The predicted molar refractivity (Wildman–Crippen MR) is 75.9 cm³/mol. The van der Waals surface area contributed by atoms with Crippen LogP contribution in [0.3, 0.4) is 0 Å². The molecular formula is C14H26N4. The normalized spacial score (nSPS) is 17.7. The molecule has 2 rings (SSSR count). The molecule has 0 amide bonds. The van der Waals surface area contributed by atoms with E-state index < -0.39 is 0 Å². The summed E-state index contributed by atoms with van der Waals surface area (Å²) in [5.74, 6) is 2.70. The van der Waals surface area contributed by atoms with Crippen molar-refractivity contribution in [2.24, 2.45) is 18.9 Å². The second kappa shape index (κ2) is 6.23. The van der Waals surface area contributed by atoms with Gasteiger partial charge in [-0.3, -0.25) is 0 Å². The summed E-state index contributed by atoms with van der Waals surface area (Å²) >= 11 is 0. The van der Waals surface area contributed by atoms with Crippen LogP contribution in [0, 0.1) is 11.8 Å². The minimum atomic E-state index is 0.748. The summed E-state index contributed by atoms with van der Waals surface area (Å²) in [7, 11) is 2.07. The molecule has 0 aliphatic carbocycles. The van der Waals surface area contributed by atoms with E-state index in [0.717, 1.165) is 37.4 Å². The van der Waals surface area contributed by atoms with Crippen molar-refractivity contribution >= 4 is 5.95 Å². The van der Waals surface area contributed by atoms with Crippen LogP contribution in [0.15, 0.2) is 12.4 Å². The van der Waals surface area contributed by atoms with Crippen molar-refractivity contribution < 1.29 is 0 Å². The van der Waals surface area contributed by atoms with Gasteiger partial charge >= 0.3 is 0 Å². The Labute approximate surface area is 110 Å². The highest BCUT2D eigenvalue weighted by Gasteiger charge is 2.21. The van der Waals surface area contributed by atoms with Crippen LogP contribution in [0.4, 0.5) is 5.95 Å². The molecule has 1 aliphatic heterocycles. The first-order valence-electron chi connectivity index (χ1n) is 7.10. The van der Waals surface area contributed by atoms with Crippen LogP contribution in [0.1, 0.15) is 26.7 Å². The van der Waals surface area contributed by atoms with Gasteiger partial charge in [-0.2, -0.15) is 0 Å². The van der Waals surface area contributed by atoms with Gasteiger partial charge in [0.25, 0.3) is 0 Å². The summed E-state index contributed by atoms with van der Waals surface area (Å²) in [5.41, 5.74) is 0. The summed E-state index contributed by atoms with van der Waals surface area (Å²) in [5, 5.41) is 3.58. The number of hydrogen-bond acceptors (Lipinski definition) is 3. The molecule has 1 aromatic rings. The molecular weight excluding hydrogens is 224 g/mol. The summed E-state index contributed by atoms with van der Waals surface area (Å²) in [6, 6.07) is 0. The van der Waals surface area contributed by atoms with Crippen molar-refractivity contribution in [3.8, 4) is 0 Å². The van der Waals surface area contributed by atoms with Gasteiger partial charge in [0.1, 0.15) is 0 Å². The monoisotopic (exact) mass is 250 g/mol. The van der Waals surface area contributed by atoms with E-state index in [2.05, 4.69) is 40.7 Å². The van der Waals surface area contributed by atoms with Crippen LogP contribution in [0.2, 0.25) is 0 Å². The van der Waals surface area contributed by atoms with Gasteiger partial charge < -0.3 is 14.8 Å². The number of imidazole rings is 1. The molecule has 0 radical (unpaired) electrons. The highest BCUT2D eigenvalue weighted by Crippen LogP contribution is 2.21. The number of aromatic nitrogens is 2. The summed E-state index contributed by atoms with van der Waals surface area (Å²) < 4.78 is 2.11. The molecule has 18 heavy (non-hydrogen) atoms. The molecule has 0 unspecified atom stereocenters. The zero-order chi connectivity index (χ0) is 13.0. The van der Waals surface area contributed by atoms with Gasteiger partial charge in [-0.05, 0) is 37.8 Å². The molecule has 0 atom stereocenters. The molecule has 0 saturated carbocycles. The van der Waals surface area contributed by atoms with Crippen LogP contribution in [-0.4, -0.2) is 35.7 Å². The lowest BCUT2D eigenvalue weighted by molar-refractivity contribution is 0.371. The van der Waals surface area contributed by atoms with Crippen molar-refractivity contribution in [3.05, 3.63) is 12.4 Å². The Bertz CT molecular complexity index is 350. The lowest BCUT2D eigenvalue weighted by Crippen LogP contribution is -2.39. The number of aryl methyl sites for hydroxylation is 1. The minimum Gasteiger partial charge on any atom is -0.342 e. The van der Waals surface area contributed by atoms with Crippen molar-refractivity contribution in [3.63, 3.8) is 0 Å². The third-order valence-corrected chi connectivity index (χ3v) is 3.68. The standard InChI is InChI=1S/C14H26N4/c1-12(2)10-15-11-13-4-7-18(8-5-13)14-16-6-9-17(14)3/h6,9,12-13,15H,4-5,7-8,10-11H2,1-3H3. The second-order valence-electron chi connectivity index (χ2n) is 5.82. The van der Waals surface area contributed by atoms with E-state index in [1.54, 1.807) is 0 Å². The molecule has 0 spiro atoms. The third kappa shape index (κ3) is 3.48. The number of nitrogens with one attached hydrogen (secondary N) is 1. The molecule has 1 fully saturated rings. The van der Waals surface area contributed by atoms with E-state index >= 15 is 0 Å². The molecule has 1 saturated heterocycles. The minimum absolute atomic E-state index is 0.748. The maximum absolute atomic E-state index is 4.42. The highest BCUT2D eigenvalue weighted by molar-refractivity contribution is 5.31. The first-order valence-corrected chi connectivity index (χ1v) is 7.10. The van der Waals surface area contributed by atoms with E-state index in [1.165, 1.54) is 19.4 Å². The fourth-order valence-corrected chi connectivity index (χ4v) is 2.58. The number of rotatable bonds is 5. The van der Waals surface area contributed by atoms with E-state index in [1.807, 2.05) is 12.4 Å². The average molecular weight is 250 g/mol. The summed E-state index contributed by atoms with van der Waals surface area (Å²) in [4.78, 5) is 6.82. The lowest BCUT2D eigenvalue weighted by atomic mass is 9.97. The Morgan fingerprint density at radius 1 is 1.39 bits per heavy atom. The number of hydrogen-bond donors (Lipinski definition) is 1. The van der Waals surface area contributed by atoms with Gasteiger partial charge in [0, 0.05) is 32.5 Å². The highest BCUT2D eigenvalue weighted by atomic mass is 15.3. The van der Waals surface area contributed by atoms with Crippen LogP contribution >= 0.6 is 0 Å². The number of anilines is 1. The first kappa shape index (κ1) is 13.4. The molecule has 4 heteroatoms. The predicted octanol–water partition coefficient (Wildman–Crippen LogP) is 1.88. The molecule has 2 heterocycles. The van der Waals surface area contributed by atoms with Crippen LogP contribution in [0.5, 0.6) is 0 Å². The molecule has 0 bridgehead atoms. The molecule has 1 aliphatic rings. The zero-order valence-electron chi connectivity index (χ0n) is 11.9. The maximum atomic E-state index is 4.42. The Morgan fingerprint density at radius 3 is 2.67 bits per heavy atom. The summed E-state index contributed by atoms with van der Waals surface area (Å²) in [6.45, 7) is 9.11. The Morgan fingerprint density at radius 2 is 2.11 bits per heavy atom. The van der Waals surface area contributed by atoms with E-state index in [4.69, 9.17) is 0 Å².